The number of non-ortho nitro benzene ring substituents is 1. The van der Waals surface area contributed by atoms with Crippen LogP contribution in [0.15, 0.2) is 42.5 Å². The molecule has 0 bridgehead atoms. The Morgan fingerprint density at radius 3 is 2.11 bits per heavy atom. The number of anilines is 2. The van der Waals surface area contributed by atoms with E-state index >= 15 is 0 Å². The fourth-order valence-electron chi connectivity index (χ4n) is 1.61. The second-order valence-electron chi connectivity index (χ2n) is 3.65. The van der Waals surface area contributed by atoms with Crippen LogP contribution in [0.25, 0.3) is 11.1 Å². The summed E-state index contributed by atoms with van der Waals surface area (Å²) in [6.45, 7) is 0. The van der Waals surface area contributed by atoms with Gasteiger partial charge in [0.1, 0.15) is 0 Å². The highest BCUT2D eigenvalue weighted by Crippen LogP contribution is 2.28. The maximum absolute atomic E-state index is 10.5. The van der Waals surface area contributed by atoms with Gasteiger partial charge in [0.25, 0.3) is 5.69 Å². The lowest BCUT2D eigenvalue weighted by atomic mass is 10.0. The Morgan fingerprint density at radius 2 is 1.61 bits per heavy atom. The number of hydrogen-bond donors (Lipinski definition) is 2. The summed E-state index contributed by atoms with van der Waals surface area (Å²) in [6, 6.07) is 11.4. The van der Waals surface area contributed by atoms with E-state index in [9.17, 15) is 10.1 Å². The van der Waals surface area contributed by atoms with Crippen LogP contribution < -0.4 is 11.5 Å². The third-order valence-electron chi connectivity index (χ3n) is 2.46. The standard InChI is InChI=1S/C12H11N3O2.ClH/c13-9-3-6-11(12(14)7-9)8-1-4-10(5-2-8)15(16)17;/h1-7H,13-14H2;1H. The Hall–Kier alpha value is -2.27. The van der Waals surface area contributed by atoms with Crippen LogP contribution in [0, 0.1) is 10.1 Å². The van der Waals surface area contributed by atoms with E-state index in [-0.39, 0.29) is 18.1 Å². The first-order chi connectivity index (χ1) is 8.08. The maximum atomic E-state index is 10.5. The first-order valence-electron chi connectivity index (χ1n) is 4.98. The quantitative estimate of drug-likeness (QED) is 0.496. The summed E-state index contributed by atoms with van der Waals surface area (Å²) >= 11 is 0. The summed E-state index contributed by atoms with van der Waals surface area (Å²) in [5, 5.41) is 10.5. The van der Waals surface area contributed by atoms with Gasteiger partial charge in [0.05, 0.1) is 4.92 Å². The first kappa shape index (κ1) is 13.8. The minimum atomic E-state index is -0.434. The van der Waals surface area contributed by atoms with Crippen molar-refractivity contribution in [1.82, 2.24) is 0 Å². The van der Waals surface area contributed by atoms with Crippen molar-refractivity contribution in [3.8, 4) is 11.1 Å². The van der Waals surface area contributed by atoms with Gasteiger partial charge in [0.2, 0.25) is 0 Å². The summed E-state index contributed by atoms with van der Waals surface area (Å²) in [5.41, 5.74) is 14.3. The number of rotatable bonds is 2. The lowest BCUT2D eigenvalue weighted by molar-refractivity contribution is -0.384. The maximum Gasteiger partial charge on any atom is 0.269 e. The van der Waals surface area contributed by atoms with Gasteiger partial charge < -0.3 is 11.5 Å². The van der Waals surface area contributed by atoms with Gasteiger partial charge in [0.15, 0.2) is 0 Å². The van der Waals surface area contributed by atoms with E-state index in [1.165, 1.54) is 12.1 Å². The molecule has 0 aliphatic carbocycles. The molecule has 0 saturated carbocycles. The Morgan fingerprint density at radius 1 is 1.00 bits per heavy atom. The van der Waals surface area contributed by atoms with Crippen LogP contribution in [0.5, 0.6) is 0 Å². The van der Waals surface area contributed by atoms with Crippen LogP contribution in [0.1, 0.15) is 0 Å². The summed E-state index contributed by atoms with van der Waals surface area (Å²) < 4.78 is 0. The molecule has 2 aromatic rings. The van der Waals surface area contributed by atoms with Gasteiger partial charge >= 0.3 is 0 Å². The summed E-state index contributed by atoms with van der Waals surface area (Å²) in [5.74, 6) is 0. The van der Waals surface area contributed by atoms with Crippen molar-refractivity contribution in [2.45, 2.75) is 0 Å². The van der Waals surface area contributed by atoms with Gasteiger partial charge in [-0.1, -0.05) is 6.07 Å². The molecule has 2 aromatic carbocycles. The van der Waals surface area contributed by atoms with Gasteiger partial charge in [-0.15, -0.1) is 12.4 Å². The van der Waals surface area contributed by atoms with Crippen LogP contribution >= 0.6 is 12.4 Å². The highest BCUT2D eigenvalue weighted by atomic mass is 35.5. The molecule has 0 unspecified atom stereocenters. The molecular weight excluding hydrogens is 254 g/mol. The molecule has 6 heteroatoms. The van der Waals surface area contributed by atoms with Crippen LogP contribution in [-0.4, -0.2) is 4.92 Å². The van der Waals surface area contributed by atoms with E-state index < -0.39 is 4.92 Å². The summed E-state index contributed by atoms with van der Waals surface area (Å²) in [4.78, 5) is 10.1. The van der Waals surface area contributed by atoms with E-state index in [4.69, 9.17) is 11.5 Å². The second kappa shape index (κ2) is 5.37. The van der Waals surface area contributed by atoms with E-state index in [2.05, 4.69) is 0 Å². The predicted molar refractivity (Wildman–Crippen MR) is 74.6 cm³/mol. The fourth-order valence-corrected chi connectivity index (χ4v) is 1.61. The van der Waals surface area contributed by atoms with Gasteiger partial charge in [-0.05, 0) is 29.8 Å². The summed E-state index contributed by atoms with van der Waals surface area (Å²) in [6.07, 6.45) is 0. The van der Waals surface area contributed by atoms with Crippen molar-refractivity contribution in [2.75, 3.05) is 11.5 Å². The molecule has 0 heterocycles. The van der Waals surface area contributed by atoms with Crippen LogP contribution in [-0.2, 0) is 0 Å². The topological polar surface area (TPSA) is 95.2 Å². The fraction of sp³-hybridized carbons (Fsp3) is 0. The minimum absolute atomic E-state index is 0. The molecule has 0 aliphatic heterocycles. The number of nitrogens with two attached hydrogens (primary N) is 2. The number of halogens is 1. The molecule has 0 spiro atoms. The zero-order chi connectivity index (χ0) is 12.4. The molecule has 18 heavy (non-hydrogen) atoms. The van der Waals surface area contributed by atoms with Gasteiger partial charge in [0, 0.05) is 29.1 Å². The van der Waals surface area contributed by atoms with Crippen molar-refractivity contribution in [2.24, 2.45) is 0 Å². The Bertz CT molecular complexity index is 570. The second-order valence-corrected chi connectivity index (χ2v) is 3.65. The monoisotopic (exact) mass is 265 g/mol. The van der Waals surface area contributed by atoms with Gasteiger partial charge in [-0.3, -0.25) is 10.1 Å². The van der Waals surface area contributed by atoms with Crippen molar-refractivity contribution in [1.29, 1.82) is 0 Å². The molecule has 0 aromatic heterocycles. The average Bonchev–Trinajstić information content (AvgIpc) is 2.29. The molecule has 0 fully saturated rings. The van der Waals surface area contributed by atoms with Gasteiger partial charge in [-0.2, -0.15) is 0 Å². The first-order valence-corrected chi connectivity index (χ1v) is 4.98. The SMILES string of the molecule is Cl.Nc1ccc(-c2ccc([N+](=O)[O-])cc2)c(N)c1. The molecule has 0 saturated heterocycles. The predicted octanol–water partition coefficient (Wildman–Crippen LogP) is 2.85. The molecule has 94 valence electrons. The van der Waals surface area contributed by atoms with E-state index in [1.54, 1.807) is 30.3 Å². The smallest absolute Gasteiger partial charge is 0.269 e. The van der Waals surface area contributed by atoms with Crippen molar-refractivity contribution >= 4 is 29.5 Å². The van der Waals surface area contributed by atoms with E-state index in [0.717, 1.165) is 11.1 Å². The number of hydrogen-bond acceptors (Lipinski definition) is 4. The van der Waals surface area contributed by atoms with Crippen molar-refractivity contribution in [3.63, 3.8) is 0 Å². The van der Waals surface area contributed by atoms with Crippen molar-refractivity contribution in [3.05, 3.63) is 52.6 Å². The zero-order valence-corrected chi connectivity index (χ0v) is 10.2. The van der Waals surface area contributed by atoms with E-state index in [0.29, 0.717) is 11.4 Å². The number of nitro groups is 1. The lowest BCUT2D eigenvalue weighted by Crippen LogP contribution is -1.93. The molecule has 0 aliphatic rings. The molecule has 2 rings (SSSR count). The van der Waals surface area contributed by atoms with Crippen LogP contribution in [0.3, 0.4) is 0 Å². The third kappa shape index (κ3) is 2.70. The summed E-state index contributed by atoms with van der Waals surface area (Å²) in [7, 11) is 0. The van der Waals surface area contributed by atoms with Crippen LogP contribution in [0.2, 0.25) is 0 Å². The number of nitrogen functional groups attached to an aromatic ring is 2. The molecule has 0 amide bonds. The Labute approximate surface area is 110 Å². The Balaban J connectivity index is 0.00000162. The normalized spacial score (nSPS) is 9.56. The largest absolute Gasteiger partial charge is 0.399 e. The highest BCUT2D eigenvalue weighted by molar-refractivity contribution is 5.85. The molecule has 0 radical (unpaired) electrons. The van der Waals surface area contributed by atoms with Crippen molar-refractivity contribution < 1.29 is 4.92 Å². The van der Waals surface area contributed by atoms with Crippen LogP contribution in [0.4, 0.5) is 17.1 Å². The minimum Gasteiger partial charge on any atom is -0.399 e. The third-order valence-corrected chi connectivity index (χ3v) is 2.46. The van der Waals surface area contributed by atoms with Gasteiger partial charge in [-0.25, -0.2) is 0 Å². The molecule has 4 N–H and O–H groups in total. The zero-order valence-electron chi connectivity index (χ0n) is 9.37. The number of nitro benzene ring substituents is 1. The van der Waals surface area contributed by atoms with E-state index in [1.807, 2.05) is 0 Å². The number of benzene rings is 2. The molecular formula is C12H12ClN3O2. The molecule has 5 nitrogen and oxygen atoms in total. The highest BCUT2D eigenvalue weighted by Gasteiger charge is 2.07. The average molecular weight is 266 g/mol. The Kier molecular flexibility index (Phi) is 4.12. The number of nitrogens with zero attached hydrogens (tertiary/aromatic N) is 1. The lowest BCUT2D eigenvalue weighted by Gasteiger charge is -2.06. The molecule has 0 atom stereocenters.